The van der Waals surface area contributed by atoms with Crippen molar-refractivity contribution < 1.29 is 9.53 Å². The summed E-state index contributed by atoms with van der Waals surface area (Å²) < 4.78 is 5.46. The van der Waals surface area contributed by atoms with Crippen LogP contribution in [0.5, 0.6) is 0 Å². The van der Waals surface area contributed by atoms with Crippen molar-refractivity contribution in [3.05, 3.63) is 23.9 Å². The lowest BCUT2D eigenvalue weighted by atomic mass is 9.83. The van der Waals surface area contributed by atoms with Gasteiger partial charge < -0.3 is 10.5 Å². The number of methoxy groups -OCH3 is 1. The highest BCUT2D eigenvalue weighted by Gasteiger charge is 2.29. The number of carbonyl (C=O) groups is 1. The monoisotopic (exact) mass is 262 g/mol. The van der Waals surface area contributed by atoms with Crippen molar-refractivity contribution in [3.63, 3.8) is 0 Å². The normalized spacial score (nSPS) is 18.2. The van der Waals surface area contributed by atoms with Crippen LogP contribution in [0.1, 0.15) is 37.7 Å². The molecule has 2 rings (SSSR count). The first-order valence-corrected chi connectivity index (χ1v) is 6.96. The maximum absolute atomic E-state index is 12.4. The summed E-state index contributed by atoms with van der Waals surface area (Å²) >= 11 is 0. The second kappa shape index (κ2) is 6.66. The Morgan fingerprint density at radius 3 is 2.84 bits per heavy atom. The predicted molar refractivity (Wildman–Crippen MR) is 74.7 cm³/mol. The summed E-state index contributed by atoms with van der Waals surface area (Å²) in [5.74, 6) is 0.988. The van der Waals surface area contributed by atoms with E-state index in [4.69, 9.17) is 10.5 Å². The largest absolute Gasteiger partial charge is 0.384 e. The van der Waals surface area contributed by atoms with Crippen LogP contribution in [0.15, 0.2) is 18.3 Å². The smallest absolute Gasteiger partial charge is 0.166 e. The van der Waals surface area contributed by atoms with Crippen LogP contribution in [0.4, 0.5) is 5.82 Å². The summed E-state index contributed by atoms with van der Waals surface area (Å²) in [6, 6.07) is 3.59. The van der Waals surface area contributed by atoms with Gasteiger partial charge in [0.1, 0.15) is 11.9 Å². The molecule has 1 aliphatic carbocycles. The Hall–Kier alpha value is -1.42. The average Bonchev–Trinajstić information content (AvgIpc) is 2.41. The maximum atomic E-state index is 12.4. The average molecular weight is 262 g/mol. The van der Waals surface area contributed by atoms with Crippen LogP contribution in [0, 0.1) is 5.92 Å². The van der Waals surface area contributed by atoms with Crippen LogP contribution in [-0.2, 0) is 16.0 Å². The molecular weight excluding hydrogens is 240 g/mol. The molecule has 4 nitrogen and oxygen atoms in total. The summed E-state index contributed by atoms with van der Waals surface area (Å²) in [4.78, 5) is 16.3. The molecule has 0 radical (unpaired) electrons. The molecule has 1 fully saturated rings. The van der Waals surface area contributed by atoms with E-state index < -0.39 is 0 Å². The SMILES string of the molecule is COC(C(=O)Cc1ccnc(N)c1)C1CCCCC1. The number of ether oxygens (including phenoxy) is 1. The van der Waals surface area contributed by atoms with Gasteiger partial charge in [0.15, 0.2) is 5.78 Å². The Balaban J connectivity index is 2.00. The molecule has 1 aromatic heterocycles. The first-order valence-electron chi connectivity index (χ1n) is 6.96. The zero-order valence-corrected chi connectivity index (χ0v) is 11.5. The van der Waals surface area contributed by atoms with E-state index in [1.807, 2.05) is 6.07 Å². The molecule has 4 heteroatoms. The molecule has 0 spiro atoms. The molecule has 104 valence electrons. The molecule has 1 unspecified atom stereocenters. The summed E-state index contributed by atoms with van der Waals surface area (Å²) in [5.41, 5.74) is 6.54. The van der Waals surface area contributed by atoms with Crippen molar-refractivity contribution in [2.75, 3.05) is 12.8 Å². The van der Waals surface area contributed by atoms with Crippen LogP contribution in [0.25, 0.3) is 0 Å². The van der Waals surface area contributed by atoms with Crippen molar-refractivity contribution in [3.8, 4) is 0 Å². The zero-order valence-electron chi connectivity index (χ0n) is 11.5. The number of pyridine rings is 1. The topological polar surface area (TPSA) is 65.2 Å². The molecule has 1 aromatic rings. The minimum Gasteiger partial charge on any atom is -0.384 e. The van der Waals surface area contributed by atoms with E-state index in [0.29, 0.717) is 18.2 Å². The number of anilines is 1. The molecule has 1 saturated carbocycles. The first-order chi connectivity index (χ1) is 9.20. The molecule has 1 heterocycles. The number of rotatable bonds is 5. The number of carbonyl (C=O) groups excluding carboxylic acids is 1. The minimum absolute atomic E-state index is 0.153. The molecule has 1 atom stereocenters. The van der Waals surface area contributed by atoms with E-state index in [-0.39, 0.29) is 11.9 Å². The fourth-order valence-corrected chi connectivity index (χ4v) is 2.93. The number of aromatic nitrogens is 1. The number of ketones is 1. The quantitative estimate of drug-likeness (QED) is 0.884. The van der Waals surface area contributed by atoms with Gasteiger partial charge in [-0.3, -0.25) is 4.79 Å². The fraction of sp³-hybridized carbons (Fsp3) is 0.600. The molecule has 19 heavy (non-hydrogen) atoms. The summed E-state index contributed by atoms with van der Waals surface area (Å²) in [6.45, 7) is 0. The van der Waals surface area contributed by atoms with E-state index in [1.165, 1.54) is 19.3 Å². The molecule has 2 N–H and O–H groups in total. The first kappa shape index (κ1) is 14.0. The van der Waals surface area contributed by atoms with Gasteiger partial charge in [0.25, 0.3) is 0 Å². The second-order valence-electron chi connectivity index (χ2n) is 5.29. The zero-order chi connectivity index (χ0) is 13.7. The van der Waals surface area contributed by atoms with Gasteiger partial charge in [-0.05, 0) is 36.5 Å². The Labute approximate surface area is 114 Å². The van der Waals surface area contributed by atoms with E-state index in [0.717, 1.165) is 18.4 Å². The third kappa shape index (κ3) is 3.77. The number of hydrogen-bond donors (Lipinski definition) is 1. The predicted octanol–water partition coefficient (Wildman–Crippen LogP) is 2.37. The van der Waals surface area contributed by atoms with Gasteiger partial charge in [-0.15, -0.1) is 0 Å². The Morgan fingerprint density at radius 1 is 1.47 bits per heavy atom. The number of nitrogens with two attached hydrogens (primary N) is 1. The lowest BCUT2D eigenvalue weighted by Gasteiger charge is -2.28. The number of nitrogens with zero attached hydrogens (tertiary/aromatic N) is 1. The third-order valence-corrected chi connectivity index (χ3v) is 3.87. The maximum Gasteiger partial charge on any atom is 0.166 e. The van der Waals surface area contributed by atoms with Crippen molar-refractivity contribution >= 4 is 11.6 Å². The van der Waals surface area contributed by atoms with Gasteiger partial charge in [0, 0.05) is 19.7 Å². The van der Waals surface area contributed by atoms with Crippen molar-refractivity contribution in [1.82, 2.24) is 4.98 Å². The highest BCUT2D eigenvalue weighted by molar-refractivity contribution is 5.85. The Morgan fingerprint density at radius 2 is 2.21 bits per heavy atom. The standard InChI is InChI=1S/C15H22N2O2/c1-19-15(12-5-3-2-4-6-12)13(18)9-11-7-8-17-14(16)10-11/h7-8,10,12,15H,2-6,9H2,1H3,(H2,16,17). The fourth-order valence-electron chi connectivity index (χ4n) is 2.93. The van der Waals surface area contributed by atoms with Crippen LogP contribution < -0.4 is 5.73 Å². The van der Waals surface area contributed by atoms with Gasteiger partial charge in [0.05, 0.1) is 0 Å². The van der Waals surface area contributed by atoms with Gasteiger partial charge in [-0.2, -0.15) is 0 Å². The number of Topliss-reactive ketones (excluding diaryl/α,β-unsaturated/α-hetero) is 1. The van der Waals surface area contributed by atoms with Crippen LogP contribution in [-0.4, -0.2) is 24.0 Å². The van der Waals surface area contributed by atoms with Crippen LogP contribution >= 0.6 is 0 Å². The van der Waals surface area contributed by atoms with Gasteiger partial charge in [0.2, 0.25) is 0 Å². The van der Waals surface area contributed by atoms with Gasteiger partial charge in [-0.1, -0.05) is 19.3 Å². The van der Waals surface area contributed by atoms with E-state index >= 15 is 0 Å². The van der Waals surface area contributed by atoms with Crippen molar-refractivity contribution in [2.24, 2.45) is 5.92 Å². The second-order valence-corrected chi connectivity index (χ2v) is 5.29. The van der Waals surface area contributed by atoms with Crippen LogP contribution in [0.2, 0.25) is 0 Å². The lowest BCUT2D eigenvalue weighted by Crippen LogP contribution is -2.34. The third-order valence-electron chi connectivity index (χ3n) is 3.87. The summed E-state index contributed by atoms with van der Waals surface area (Å²) in [7, 11) is 1.64. The molecular formula is C15H22N2O2. The van der Waals surface area contributed by atoms with Gasteiger partial charge in [-0.25, -0.2) is 4.98 Å². The molecule has 0 bridgehead atoms. The van der Waals surface area contributed by atoms with Crippen LogP contribution in [0.3, 0.4) is 0 Å². The lowest BCUT2D eigenvalue weighted by molar-refractivity contribution is -0.132. The molecule has 1 aliphatic rings. The Kier molecular flexibility index (Phi) is 4.91. The van der Waals surface area contributed by atoms with Gasteiger partial charge >= 0.3 is 0 Å². The van der Waals surface area contributed by atoms with E-state index in [9.17, 15) is 4.79 Å². The van der Waals surface area contributed by atoms with E-state index in [1.54, 1.807) is 19.4 Å². The number of hydrogen-bond acceptors (Lipinski definition) is 4. The molecule has 0 aliphatic heterocycles. The molecule has 0 amide bonds. The van der Waals surface area contributed by atoms with Crippen molar-refractivity contribution in [2.45, 2.75) is 44.6 Å². The summed E-state index contributed by atoms with van der Waals surface area (Å²) in [6.07, 6.45) is 7.64. The van der Waals surface area contributed by atoms with Crippen molar-refractivity contribution in [1.29, 1.82) is 0 Å². The summed E-state index contributed by atoms with van der Waals surface area (Å²) in [5, 5.41) is 0. The highest BCUT2D eigenvalue weighted by atomic mass is 16.5. The minimum atomic E-state index is -0.269. The van der Waals surface area contributed by atoms with E-state index in [2.05, 4.69) is 4.98 Å². The molecule has 0 saturated heterocycles. The number of nitrogen functional groups attached to an aromatic ring is 1. The highest BCUT2D eigenvalue weighted by Crippen LogP contribution is 2.28. The molecule has 0 aromatic carbocycles. The Bertz CT molecular complexity index is 428.